The van der Waals surface area contributed by atoms with E-state index < -0.39 is 0 Å². The van der Waals surface area contributed by atoms with Gasteiger partial charge in [0.1, 0.15) is 0 Å². The van der Waals surface area contributed by atoms with Crippen LogP contribution in [-0.4, -0.2) is 12.1 Å². The summed E-state index contributed by atoms with van der Waals surface area (Å²) in [5.41, 5.74) is 3.62. The molecule has 1 aromatic carbocycles. The third-order valence-electron chi connectivity index (χ3n) is 2.37. The van der Waals surface area contributed by atoms with Crippen molar-refractivity contribution in [1.82, 2.24) is 5.43 Å². The number of amides is 1. The minimum absolute atomic E-state index is 0.0318. The molecule has 0 radical (unpaired) electrons. The smallest absolute Gasteiger partial charge is 0.243 e. The Balaban J connectivity index is 1.76. The molecule has 3 nitrogen and oxygen atoms in total. The summed E-state index contributed by atoms with van der Waals surface area (Å²) in [5.74, 6) is 0.236. The molecule has 16 heavy (non-hydrogen) atoms. The number of hydrogen-bond donors (Lipinski definition) is 1. The van der Waals surface area contributed by atoms with Gasteiger partial charge in [-0.3, -0.25) is 4.79 Å². The van der Waals surface area contributed by atoms with Crippen LogP contribution in [-0.2, 0) is 4.79 Å². The van der Waals surface area contributed by atoms with Crippen LogP contribution < -0.4 is 5.43 Å². The Morgan fingerprint density at radius 1 is 1.31 bits per heavy atom. The molecule has 0 unspecified atom stereocenters. The maximum atomic E-state index is 11.2. The molecule has 1 amide bonds. The van der Waals surface area contributed by atoms with E-state index in [1.54, 1.807) is 6.21 Å². The Morgan fingerprint density at radius 2 is 2.06 bits per heavy atom. The molecule has 1 N–H and O–H groups in total. The fourth-order valence-electron chi connectivity index (χ4n) is 1.30. The van der Waals surface area contributed by atoms with Crippen molar-refractivity contribution in [2.75, 3.05) is 0 Å². The first-order valence-corrected chi connectivity index (χ1v) is 5.41. The predicted molar refractivity (Wildman–Crippen MR) is 64.8 cm³/mol. The van der Waals surface area contributed by atoms with Crippen LogP contribution in [0.25, 0.3) is 6.08 Å². The van der Waals surface area contributed by atoms with Gasteiger partial charge in [0, 0.05) is 12.1 Å². The summed E-state index contributed by atoms with van der Waals surface area (Å²) in [6.45, 7) is 0. The molecule has 1 fully saturated rings. The average Bonchev–Trinajstić information content (AvgIpc) is 3.13. The predicted octanol–water partition coefficient (Wildman–Crippen LogP) is 2.21. The number of nitrogens with zero attached hydrogens (tertiary/aromatic N) is 1. The molecule has 0 spiro atoms. The Labute approximate surface area is 94.9 Å². The topological polar surface area (TPSA) is 41.5 Å². The number of benzene rings is 1. The van der Waals surface area contributed by atoms with E-state index in [0.29, 0.717) is 0 Å². The van der Waals surface area contributed by atoms with Gasteiger partial charge in [-0.15, -0.1) is 0 Å². The van der Waals surface area contributed by atoms with Crippen molar-refractivity contribution < 1.29 is 4.79 Å². The van der Waals surface area contributed by atoms with Crippen molar-refractivity contribution in [3.8, 4) is 0 Å². The van der Waals surface area contributed by atoms with Crippen LogP contribution in [0, 0.1) is 5.92 Å². The summed E-state index contributed by atoms with van der Waals surface area (Å²) in [6, 6.07) is 9.94. The molecule has 1 aliphatic carbocycles. The lowest BCUT2D eigenvalue weighted by molar-refractivity contribution is -0.122. The summed E-state index contributed by atoms with van der Waals surface area (Å²) in [5, 5.41) is 3.84. The van der Waals surface area contributed by atoms with Gasteiger partial charge in [0.2, 0.25) is 5.91 Å². The van der Waals surface area contributed by atoms with Gasteiger partial charge in [-0.2, -0.15) is 5.10 Å². The molecule has 3 heteroatoms. The highest BCUT2D eigenvalue weighted by atomic mass is 16.2. The highest BCUT2D eigenvalue weighted by Gasteiger charge is 2.29. The Morgan fingerprint density at radius 3 is 2.75 bits per heavy atom. The van der Waals surface area contributed by atoms with Crippen LogP contribution in [0.4, 0.5) is 0 Å². The van der Waals surface area contributed by atoms with E-state index in [1.165, 1.54) is 0 Å². The van der Waals surface area contributed by atoms with Crippen molar-refractivity contribution in [2.45, 2.75) is 12.8 Å². The Hall–Kier alpha value is -1.90. The minimum atomic E-state index is 0.0318. The summed E-state index contributed by atoms with van der Waals surface area (Å²) in [4.78, 5) is 11.2. The molecule has 1 saturated carbocycles. The summed E-state index contributed by atoms with van der Waals surface area (Å²) >= 11 is 0. The second-order valence-corrected chi connectivity index (χ2v) is 3.80. The van der Waals surface area contributed by atoms with Crippen molar-refractivity contribution in [2.24, 2.45) is 11.0 Å². The van der Waals surface area contributed by atoms with E-state index in [4.69, 9.17) is 0 Å². The van der Waals surface area contributed by atoms with E-state index in [9.17, 15) is 4.79 Å². The third-order valence-corrected chi connectivity index (χ3v) is 2.37. The SMILES string of the molecule is O=C(N/N=C/C=C/c1ccccc1)C1CC1. The third kappa shape index (κ3) is 3.35. The van der Waals surface area contributed by atoms with E-state index in [-0.39, 0.29) is 11.8 Å². The van der Waals surface area contributed by atoms with Crippen LogP contribution in [0.5, 0.6) is 0 Å². The van der Waals surface area contributed by atoms with Crippen LogP contribution >= 0.6 is 0 Å². The van der Waals surface area contributed by atoms with E-state index in [2.05, 4.69) is 10.5 Å². The number of hydrogen-bond acceptors (Lipinski definition) is 2. The molecule has 0 aromatic heterocycles. The zero-order valence-electron chi connectivity index (χ0n) is 8.97. The number of nitrogens with one attached hydrogen (secondary N) is 1. The first-order valence-electron chi connectivity index (χ1n) is 5.41. The summed E-state index contributed by atoms with van der Waals surface area (Å²) < 4.78 is 0. The molecule has 2 rings (SSSR count). The molecule has 1 aromatic rings. The second-order valence-electron chi connectivity index (χ2n) is 3.80. The maximum absolute atomic E-state index is 11.2. The zero-order chi connectivity index (χ0) is 11.2. The van der Waals surface area contributed by atoms with Gasteiger partial charge >= 0.3 is 0 Å². The van der Waals surface area contributed by atoms with Gasteiger partial charge in [-0.1, -0.05) is 36.4 Å². The van der Waals surface area contributed by atoms with Crippen LogP contribution in [0.3, 0.4) is 0 Å². The average molecular weight is 214 g/mol. The van der Waals surface area contributed by atoms with Gasteiger partial charge in [0.15, 0.2) is 0 Å². The highest BCUT2D eigenvalue weighted by molar-refractivity contribution is 5.83. The number of hydrazone groups is 1. The van der Waals surface area contributed by atoms with Crippen LogP contribution in [0.15, 0.2) is 41.5 Å². The van der Waals surface area contributed by atoms with Gasteiger partial charge in [0.25, 0.3) is 0 Å². The highest BCUT2D eigenvalue weighted by Crippen LogP contribution is 2.28. The standard InChI is InChI=1S/C13H14N2O/c16-13(12-8-9-12)15-14-10-4-7-11-5-2-1-3-6-11/h1-7,10,12H,8-9H2,(H,15,16)/b7-4+,14-10+. The van der Waals surface area contributed by atoms with E-state index in [0.717, 1.165) is 18.4 Å². The van der Waals surface area contributed by atoms with Crippen molar-refractivity contribution in [3.05, 3.63) is 42.0 Å². The number of rotatable bonds is 4. The normalized spacial score (nSPS) is 15.8. The molecule has 0 atom stereocenters. The van der Waals surface area contributed by atoms with Crippen molar-refractivity contribution >= 4 is 18.2 Å². The molecular formula is C13H14N2O. The molecular weight excluding hydrogens is 200 g/mol. The van der Waals surface area contributed by atoms with Crippen molar-refractivity contribution in [3.63, 3.8) is 0 Å². The molecule has 0 aliphatic heterocycles. The van der Waals surface area contributed by atoms with E-state index >= 15 is 0 Å². The molecule has 0 bridgehead atoms. The van der Waals surface area contributed by atoms with Gasteiger partial charge in [-0.05, 0) is 24.5 Å². The number of carbonyl (C=O) groups is 1. The lowest BCUT2D eigenvalue weighted by Crippen LogP contribution is -2.18. The summed E-state index contributed by atoms with van der Waals surface area (Å²) in [6.07, 6.45) is 7.34. The molecule has 82 valence electrons. The van der Waals surface area contributed by atoms with Gasteiger partial charge < -0.3 is 0 Å². The first-order chi connectivity index (χ1) is 7.86. The van der Waals surface area contributed by atoms with E-state index in [1.807, 2.05) is 42.5 Å². The Kier molecular flexibility index (Phi) is 3.49. The van der Waals surface area contributed by atoms with Crippen LogP contribution in [0.2, 0.25) is 0 Å². The fraction of sp³-hybridized carbons (Fsp3) is 0.231. The zero-order valence-corrected chi connectivity index (χ0v) is 8.97. The lowest BCUT2D eigenvalue weighted by Gasteiger charge is -1.93. The Bertz CT molecular complexity index is 405. The van der Waals surface area contributed by atoms with Crippen molar-refractivity contribution in [1.29, 1.82) is 0 Å². The molecule has 0 heterocycles. The quantitative estimate of drug-likeness (QED) is 0.606. The maximum Gasteiger partial charge on any atom is 0.243 e. The minimum Gasteiger partial charge on any atom is -0.273 e. The largest absolute Gasteiger partial charge is 0.273 e. The second kappa shape index (κ2) is 5.26. The van der Waals surface area contributed by atoms with Crippen LogP contribution in [0.1, 0.15) is 18.4 Å². The number of carbonyl (C=O) groups excluding carboxylic acids is 1. The van der Waals surface area contributed by atoms with Gasteiger partial charge in [-0.25, -0.2) is 5.43 Å². The van der Waals surface area contributed by atoms with Gasteiger partial charge in [0.05, 0.1) is 0 Å². The molecule has 1 aliphatic rings. The first kappa shape index (κ1) is 10.6. The lowest BCUT2D eigenvalue weighted by atomic mass is 10.2. The summed E-state index contributed by atoms with van der Waals surface area (Å²) in [7, 11) is 0. The molecule has 0 saturated heterocycles. The fourth-order valence-corrected chi connectivity index (χ4v) is 1.30. The monoisotopic (exact) mass is 214 g/mol. The number of allylic oxidation sites excluding steroid dienone is 1.